The molecule has 9 aromatic carbocycles. The Bertz CT molecular complexity index is 2550. The minimum absolute atomic E-state index is 0.846. The molecule has 49 heavy (non-hydrogen) atoms. The van der Waals surface area contributed by atoms with Crippen molar-refractivity contribution < 1.29 is 0 Å². The lowest BCUT2D eigenvalue weighted by atomic mass is 9.84. The van der Waals surface area contributed by atoms with Crippen LogP contribution in [0, 0.1) is 0 Å². The summed E-state index contributed by atoms with van der Waals surface area (Å²) in [6, 6.07) is 71.0. The fourth-order valence-corrected chi connectivity index (χ4v) is 7.59. The maximum absolute atomic E-state index is 2.40. The van der Waals surface area contributed by atoms with Crippen molar-refractivity contribution in [3.63, 3.8) is 0 Å². The molecule has 9 rings (SSSR count). The number of fused-ring (bicyclic) bond motifs is 3. The summed E-state index contributed by atoms with van der Waals surface area (Å²) in [4.78, 5) is 0. The predicted molar refractivity (Wildman–Crippen MR) is 210 cm³/mol. The molecule has 0 nitrogen and oxygen atoms in total. The molecule has 0 aliphatic rings. The Balaban J connectivity index is 1.29. The van der Waals surface area contributed by atoms with Gasteiger partial charge >= 0.3 is 0 Å². The van der Waals surface area contributed by atoms with Gasteiger partial charge in [0.1, 0.15) is 0 Å². The molecule has 0 unspecified atom stereocenters. The average molecular weight is 623 g/mol. The molecule has 0 amide bonds. The van der Waals surface area contributed by atoms with Gasteiger partial charge in [0, 0.05) is 0 Å². The molecule has 0 aromatic heterocycles. The van der Waals surface area contributed by atoms with Crippen LogP contribution < -0.4 is 0 Å². The summed E-state index contributed by atoms with van der Waals surface area (Å²) in [7, 11) is 0. The second kappa shape index (κ2) is 12.4. The van der Waals surface area contributed by atoms with Crippen LogP contribution in [0.2, 0.25) is 0 Å². The van der Waals surface area contributed by atoms with E-state index < -0.39 is 0 Å². The third-order valence-electron chi connectivity index (χ3n) is 9.92. The molecule has 0 heterocycles. The molecule has 0 N–H and O–H groups in total. The van der Waals surface area contributed by atoms with E-state index in [2.05, 4.69) is 194 Å². The van der Waals surface area contributed by atoms with Crippen molar-refractivity contribution in [2.24, 2.45) is 0 Å². The van der Waals surface area contributed by atoms with Gasteiger partial charge in [-0.3, -0.25) is 0 Å². The Morgan fingerprint density at radius 1 is 0.286 bits per heavy atom. The SMILES string of the molecule is c1ccc(-c2cc(-c3ccc4ccccc4c3)cc(-c3c4ccccc4c(Cc4ccccc4-c4ccccc4)c4ccccc34)c2)cc1. The van der Waals surface area contributed by atoms with Crippen LogP contribution >= 0.6 is 0 Å². The normalized spacial score (nSPS) is 11.3. The highest BCUT2D eigenvalue weighted by molar-refractivity contribution is 6.15. The number of hydrogen-bond donors (Lipinski definition) is 0. The van der Waals surface area contributed by atoms with Gasteiger partial charge in [0.25, 0.3) is 0 Å². The van der Waals surface area contributed by atoms with Gasteiger partial charge in [0.2, 0.25) is 0 Å². The van der Waals surface area contributed by atoms with Crippen molar-refractivity contribution in [2.75, 3.05) is 0 Å². The van der Waals surface area contributed by atoms with Crippen molar-refractivity contribution >= 4 is 32.3 Å². The molecular weight excluding hydrogens is 589 g/mol. The maximum atomic E-state index is 2.40. The number of rotatable bonds is 6. The fraction of sp³-hybridized carbons (Fsp3) is 0.0204. The summed E-state index contributed by atoms with van der Waals surface area (Å²) >= 11 is 0. The van der Waals surface area contributed by atoms with Crippen molar-refractivity contribution in [3.8, 4) is 44.5 Å². The van der Waals surface area contributed by atoms with Crippen LogP contribution in [0.25, 0.3) is 76.8 Å². The highest BCUT2D eigenvalue weighted by Crippen LogP contribution is 2.43. The quantitative estimate of drug-likeness (QED) is 0.162. The number of hydrogen-bond acceptors (Lipinski definition) is 0. The largest absolute Gasteiger partial charge is 0.0622 e. The summed E-state index contributed by atoms with van der Waals surface area (Å²) in [5.41, 5.74) is 12.6. The molecule has 0 radical (unpaired) electrons. The van der Waals surface area contributed by atoms with E-state index in [-0.39, 0.29) is 0 Å². The first-order chi connectivity index (χ1) is 24.3. The monoisotopic (exact) mass is 622 g/mol. The molecule has 0 spiro atoms. The van der Waals surface area contributed by atoms with E-state index >= 15 is 0 Å². The molecular formula is C49H34. The molecule has 0 heteroatoms. The lowest BCUT2D eigenvalue weighted by Gasteiger charge is -2.20. The third kappa shape index (κ3) is 5.38. The first kappa shape index (κ1) is 28.9. The fourth-order valence-electron chi connectivity index (χ4n) is 7.59. The smallest absolute Gasteiger partial charge is 0.000728 e. The lowest BCUT2D eigenvalue weighted by Crippen LogP contribution is -1.97. The highest BCUT2D eigenvalue weighted by Gasteiger charge is 2.18. The Morgan fingerprint density at radius 3 is 1.49 bits per heavy atom. The van der Waals surface area contributed by atoms with Gasteiger partial charge in [0.05, 0.1) is 0 Å². The molecule has 0 bridgehead atoms. The van der Waals surface area contributed by atoms with Gasteiger partial charge in [-0.25, -0.2) is 0 Å². The molecule has 230 valence electrons. The van der Waals surface area contributed by atoms with Crippen molar-refractivity contribution in [3.05, 3.63) is 205 Å². The zero-order valence-corrected chi connectivity index (χ0v) is 27.2. The first-order valence-corrected chi connectivity index (χ1v) is 17.1. The van der Waals surface area contributed by atoms with Gasteiger partial charge < -0.3 is 0 Å². The molecule has 9 aromatic rings. The van der Waals surface area contributed by atoms with E-state index in [1.54, 1.807) is 0 Å². The minimum Gasteiger partial charge on any atom is -0.0622 e. The molecule has 0 aliphatic heterocycles. The summed E-state index contributed by atoms with van der Waals surface area (Å²) in [5, 5.41) is 7.67. The van der Waals surface area contributed by atoms with Gasteiger partial charge in [-0.2, -0.15) is 0 Å². The van der Waals surface area contributed by atoms with Crippen LogP contribution in [0.3, 0.4) is 0 Å². The standard InChI is InChI=1S/C49H34/c1-3-15-34(16-4-1)40-30-41(38-28-27-35-17-7-8-20-37(35)29-38)32-42(31-40)49-46-25-13-11-23-44(46)48(45-24-12-14-26-47(45)49)33-39-21-9-10-22-43(39)36-18-5-2-6-19-36/h1-32H,33H2. The van der Waals surface area contributed by atoms with Gasteiger partial charge in [0.15, 0.2) is 0 Å². The predicted octanol–water partition coefficient (Wildman–Crippen LogP) is 13.4. The van der Waals surface area contributed by atoms with Crippen LogP contribution in [0.4, 0.5) is 0 Å². The zero-order chi connectivity index (χ0) is 32.6. The summed E-state index contributed by atoms with van der Waals surface area (Å²) in [6.45, 7) is 0. The second-order valence-electron chi connectivity index (χ2n) is 12.9. The van der Waals surface area contributed by atoms with E-state index in [1.165, 1.54) is 88.0 Å². The van der Waals surface area contributed by atoms with E-state index in [1.807, 2.05) is 0 Å². The molecule has 0 saturated heterocycles. The minimum atomic E-state index is 0.846. The zero-order valence-electron chi connectivity index (χ0n) is 27.2. The third-order valence-corrected chi connectivity index (χ3v) is 9.92. The van der Waals surface area contributed by atoms with Crippen LogP contribution in [-0.2, 0) is 6.42 Å². The van der Waals surface area contributed by atoms with E-state index in [0.29, 0.717) is 0 Å². The van der Waals surface area contributed by atoms with Crippen LogP contribution in [-0.4, -0.2) is 0 Å². The van der Waals surface area contributed by atoms with Crippen molar-refractivity contribution in [2.45, 2.75) is 6.42 Å². The Labute approximate surface area is 287 Å². The highest BCUT2D eigenvalue weighted by atomic mass is 14.2. The van der Waals surface area contributed by atoms with Gasteiger partial charge in [-0.05, 0) is 119 Å². The summed E-state index contributed by atoms with van der Waals surface area (Å²) in [5.74, 6) is 0. The number of benzene rings is 9. The van der Waals surface area contributed by atoms with Crippen LogP contribution in [0.1, 0.15) is 11.1 Å². The average Bonchev–Trinajstić information content (AvgIpc) is 3.18. The Morgan fingerprint density at radius 2 is 0.796 bits per heavy atom. The van der Waals surface area contributed by atoms with Crippen LogP contribution in [0.5, 0.6) is 0 Å². The topological polar surface area (TPSA) is 0 Å². The molecule has 0 aliphatic carbocycles. The van der Waals surface area contributed by atoms with Gasteiger partial charge in [-0.1, -0.05) is 170 Å². The molecule has 0 saturated carbocycles. The Hall–Kier alpha value is -6.24. The molecule has 0 atom stereocenters. The van der Waals surface area contributed by atoms with E-state index in [4.69, 9.17) is 0 Å². The summed E-state index contributed by atoms with van der Waals surface area (Å²) in [6.07, 6.45) is 0.846. The van der Waals surface area contributed by atoms with Gasteiger partial charge in [-0.15, -0.1) is 0 Å². The maximum Gasteiger partial charge on any atom is -0.000728 e. The van der Waals surface area contributed by atoms with E-state index in [9.17, 15) is 0 Å². The lowest BCUT2D eigenvalue weighted by molar-refractivity contribution is 1.23. The van der Waals surface area contributed by atoms with Crippen molar-refractivity contribution in [1.29, 1.82) is 0 Å². The van der Waals surface area contributed by atoms with Crippen LogP contribution in [0.15, 0.2) is 194 Å². The second-order valence-corrected chi connectivity index (χ2v) is 12.9. The van der Waals surface area contributed by atoms with E-state index in [0.717, 1.165) is 6.42 Å². The first-order valence-electron chi connectivity index (χ1n) is 17.1. The Kier molecular flexibility index (Phi) is 7.33. The summed E-state index contributed by atoms with van der Waals surface area (Å²) < 4.78 is 0. The molecule has 0 fully saturated rings. The van der Waals surface area contributed by atoms with Crippen molar-refractivity contribution in [1.82, 2.24) is 0 Å².